The molecule has 0 fully saturated rings. The standard InChI is InChI=1S/C8H8Te/c1-7(9)8-5-3-2-4-6-8/h2-6H,1H3. The Bertz CT molecular complexity index is 201. The number of hydrogen-bond donors (Lipinski definition) is 0. The van der Waals surface area contributed by atoms with Crippen LogP contribution < -0.4 is 0 Å². The predicted octanol–water partition coefficient (Wildman–Crippen LogP) is 1.40. The summed E-state index contributed by atoms with van der Waals surface area (Å²) in [6.07, 6.45) is 0. The van der Waals surface area contributed by atoms with Crippen LogP contribution in [0.1, 0.15) is 12.5 Å². The van der Waals surface area contributed by atoms with Crippen LogP contribution in [0.25, 0.3) is 0 Å². The van der Waals surface area contributed by atoms with Crippen LogP contribution in [-0.2, 0) is 0 Å². The molecule has 46 valence electrons. The van der Waals surface area contributed by atoms with Crippen molar-refractivity contribution in [3.63, 3.8) is 0 Å². The minimum atomic E-state index is 1.34. The van der Waals surface area contributed by atoms with Gasteiger partial charge in [0.15, 0.2) is 0 Å². The third kappa shape index (κ3) is 1.93. The van der Waals surface area contributed by atoms with Gasteiger partial charge in [0.2, 0.25) is 0 Å². The van der Waals surface area contributed by atoms with Crippen LogP contribution in [-0.4, -0.2) is 25.4 Å². The van der Waals surface area contributed by atoms with Gasteiger partial charge in [-0.05, 0) is 0 Å². The maximum absolute atomic E-state index is 2.12. The average molecular weight is 232 g/mol. The van der Waals surface area contributed by atoms with Crippen LogP contribution in [0.4, 0.5) is 0 Å². The fourth-order valence-electron chi connectivity index (χ4n) is 0.673. The summed E-state index contributed by atoms with van der Waals surface area (Å²) in [5.74, 6) is 0. The molecule has 0 unspecified atom stereocenters. The Kier molecular flexibility index (Phi) is 2.45. The van der Waals surface area contributed by atoms with Crippen molar-refractivity contribution < 1.29 is 0 Å². The molecule has 0 amide bonds. The van der Waals surface area contributed by atoms with E-state index in [4.69, 9.17) is 0 Å². The van der Waals surface area contributed by atoms with Crippen LogP contribution in [0, 0.1) is 0 Å². The van der Waals surface area contributed by atoms with Crippen LogP contribution in [0.5, 0.6) is 0 Å². The first-order valence-corrected chi connectivity index (χ1v) is 4.03. The van der Waals surface area contributed by atoms with Gasteiger partial charge >= 0.3 is 68.2 Å². The van der Waals surface area contributed by atoms with Gasteiger partial charge in [0.1, 0.15) is 0 Å². The Hall–Kier alpha value is -0.120. The molecular weight excluding hydrogens is 224 g/mol. The van der Waals surface area contributed by atoms with Gasteiger partial charge in [-0.1, -0.05) is 0 Å². The van der Waals surface area contributed by atoms with Crippen molar-refractivity contribution in [3.8, 4) is 0 Å². The van der Waals surface area contributed by atoms with E-state index < -0.39 is 0 Å². The summed E-state index contributed by atoms with van der Waals surface area (Å²) in [4.78, 5) is 0. The molecule has 1 aromatic rings. The maximum atomic E-state index is 2.12. The zero-order valence-corrected chi connectivity index (χ0v) is 7.63. The van der Waals surface area contributed by atoms with Gasteiger partial charge in [-0.25, -0.2) is 0 Å². The van der Waals surface area contributed by atoms with Crippen molar-refractivity contribution in [2.24, 2.45) is 0 Å². The summed E-state index contributed by atoms with van der Waals surface area (Å²) in [6.45, 7) is 2.12. The third-order valence-electron chi connectivity index (χ3n) is 1.18. The van der Waals surface area contributed by atoms with E-state index in [1.54, 1.807) is 0 Å². The first kappa shape index (κ1) is 6.99. The Balaban J connectivity index is 2.98. The molecular formula is C8H8Te. The van der Waals surface area contributed by atoms with Crippen molar-refractivity contribution in [1.82, 2.24) is 0 Å². The molecule has 0 radical (unpaired) electrons. The van der Waals surface area contributed by atoms with Gasteiger partial charge < -0.3 is 0 Å². The van der Waals surface area contributed by atoms with E-state index in [9.17, 15) is 0 Å². The molecule has 0 N–H and O–H groups in total. The van der Waals surface area contributed by atoms with Gasteiger partial charge in [0.25, 0.3) is 0 Å². The topological polar surface area (TPSA) is 0 Å². The number of benzene rings is 1. The molecule has 0 nitrogen and oxygen atoms in total. The fraction of sp³-hybridized carbons (Fsp3) is 0.125. The molecule has 0 spiro atoms. The molecule has 0 aliphatic heterocycles. The van der Waals surface area contributed by atoms with E-state index in [2.05, 4.69) is 53.0 Å². The van der Waals surface area contributed by atoms with Crippen LogP contribution in [0.3, 0.4) is 0 Å². The van der Waals surface area contributed by atoms with E-state index >= 15 is 0 Å². The first-order valence-electron chi connectivity index (χ1n) is 2.86. The summed E-state index contributed by atoms with van der Waals surface area (Å²) < 4.78 is 1.38. The van der Waals surface area contributed by atoms with Crippen LogP contribution in [0.2, 0.25) is 0 Å². The SMILES string of the molecule is CC(=[Te])c1ccccc1. The first-order chi connectivity index (χ1) is 4.30. The molecule has 0 saturated heterocycles. The van der Waals surface area contributed by atoms with E-state index in [0.29, 0.717) is 0 Å². The third-order valence-corrected chi connectivity index (χ3v) is 1.85. The molecule has 1 heteroatoms. The van der Waals surface area contributed by atoms with E-state index in [-0.39, 0.29) is 0 Å². The Labute approximate surface area is 68.3 Å². The zero-order valence-electron chi connectivity index (χ0n) is 5.29. The average Bonchev–Trinajstić information content (AvgIpc) is 1.90. The van der Waals surface area contributed by atoms with Gasteiger partial charge in [-0.2, -0.15) is 0 Å². The second-order valence-electron chi connectivity index (χ2n) is 1.92. The Morgan fingerprint density at radius 1 is 1.22 bits per heavy atom. The van der Waals surface area contributed by atoms with Gasteiger partial charge in [0.05, 0.1) is 0 Å². The van der Waals surface area contributed by atoms with E-state index in [0.717, 1.165) is 0 Å². The summed E-state index contributed by atoms with van der Waals surface area (Å²) in [5, 5.41) is 0. The van der Waals surface area contributed by atoms with Crippen molar-refractivity contribution in [2.45, 2.75) is 6.92 Å². The molecule has 1 rings (SSSR count). The van der Waals surface area contributed by atoms with Crippen LogP contribution >= 0.6 is 0 Å². The molecule has 9 heavy (non-hydrogen) atoms. The van der Waals surface area contributed by atoms with Crippen LogP contribution in [0.15, 0.2) is 30.3 Å². The molecule has 0 aromatic heterocycles. The summed E-state index contributed by atoms with van der Waals surface area (Å²) >= 11 is 2.05. The molecule has 0 aliphatic rings. The molecule has 0 bridgehead atoms. The second kappa shape index (κ2) is 3.15. The number of hydrogen-bond acceptors (Lipinski definition) is 0. The monoisotopic (exact) mass is 234 g/mol. The van der Waals surface area contributed by atoms with Crippen molar-refractivity contribution in [3.05, 3.63) is 35.9 Å². The second-order valence-corrected chi connectivity index (χ2v) is 3.67. The van der Waals surface area contributed by atoms with E-state index in [1.165, 1.54) is 9.11 Å². The van der Waals surface area contributed by atoms with Gasteiger partial charge in [-0.3, -0.25) is 0 Å². The quantitative estimate of drug-likeness (QED) is 0.641. The molecule has 0 saturated carbocycles. The van der Waals surface area contributed by atoms with Crippen molar-refractivity contribution in [2.75, 3.05) is 0 Å². The summed E-state index contributed by atoms with van der Waals surface area (Å²) in [5.41, 5.74) is 1.34. The number of rotatable bonds is 1. The van der Waals surface area contributed by atoms with Crippen molar-refractivity contribution >= 4 is 25.4 Å². The fourth-order valence-corrected chi connectivity index (χ4v) is 1.06. The zero-order chi connectivity index (χ0) is 6.69. The minimum absolute atomic E-state index is 1.34. The summed E-state index contributed by atoms with van der Waals surface area (Å²) in [7, 11) is 0. The Morgan fingerprint density at radius 3 is 2.11 bits per heavy atom. The van der Waals surface area contributed by atoms with Crippen molar-refractivity contribution in [1.29, 1.82) is 0 Å². The van der Waals surface area contributed by atoms with Gasteiger partial charge in [0, 0.05) is 0 Å². The van der Waals surface area contributed by atoms with Gasteiger partial charge in [-0.15, -0.1) is 0 Å². The summed E-state index contributed by atoms with van der Waals surface area (Å²) in [6, 6.07) is 10.4. The normalized spacial score (nSPS) is 9.00. The molecule has 0 atom stereocenters. The van der Waals surface area contributed by atoms with E-state index in [1.807, 2.05) is 6.07 Å². The molecule has 1 aromatic carbocycles. The molecule has 0 aliphatic carbocycles. The Morgan fingerprint density at radius 2 is 1.78 bits per heavy atom. The predicted molar refractivity (Wildman–Crippen MR) is 42.0 cm³/mol. The molecule has 0 heterocycles.